The molecule has 1 aromatic rings. The van der Waals surface area contributed by atoms with Gasteiger partial charge in [0.1, 0.15) is 0 Å². The molecule has 1 aliphatic carbocycles. The molecule has 0 amide bonds. The van der Waals surface area contributed by atoms with Crippen LogP contribution in [0.4, 0.5) is 11.4 Å². The number of benzene rings is 1. The second kappa shape index (κ2) is 5.85. The lowest BCUT2D eigenvalue weighted by atomic mass is 9.89. The minimum Gasteiger partial charge on any atom is -0.383 e. The van der Waals surface area contributed by atoms with E-state index < -0.39 is 0 Å². The van der Waals surface area contributed by atoms with Crippen molar-refractivity contribution in [1.29, 1.82) is 0 Å². The fourth-order valence-corrected chi connectivity index (χ4v) is 3.66. The van der Waals surface area contributed by atoms with Crippen LogP contribution in [0.25, 0.3) is 0 Å². The van der Waals surface area contributed by atoms with Crippen LogP contribution in [0.1, 0.15) is 44.1 Å². The predicted octanol–water partition coefficient (Wildman–Crippen LogP) is 4.06. The monoisotopic (exact) mass is 258 g/mol. The van der Waals surface area contributed by atoms with Crippen LogP contribution in [0.5, 0.6) is 0 Å². The van der Waals surface area contributed by atoms with Gasteiger partial charge in [0.2, 0.25) is 0 Å². The van der Waals surface area contributed by atoms with Crippen LogP contribution in [0, 0.1) is 5.92 Å². The lowest BCUT2D eigenvalue weighted by Gasteiger charge is -2.31. The molecule has 1 aromatic carbocycles. The zero-order valence-corrected chi connectivity index (χ0v) is 12.1. The first-order chi connectivity index (χ1) is 9.34. The molecule has 0 saturated heterocycles. The fraction of sp³-hybridized carbons (Fsp3) is 0.647. The first-order valence-corrected chi connectivity index (χ1v) is 7.91. The number of hydrogen-bond donors (Lipinski definition) is 1. The molecular formula is C17H26N2. The van der Waals surface area contributed by atoms with Crippen LogP contribution in [-0.2, 0) is 6.42 Å². The molecule has 2 aliphatic rings. The highest BCUT2D eigenvalue weighted by Crippen LogP contribution is 2.34. The summed E-state index contributed by atoms with van der Waals surface area (Å²) in [7, 11) is 2.26. The third-order valence-electron chi connectivity index (χ3n) is 4.72. The van der Waals surface area contributed by atoms with Gasteiger partial charge in [-0.05, 0) is 43.2 Å². The van der Waals surface area contributed by atoms with Gasteiger partial charge in [-0.25, -0.2) is 0 Å². The second-order valence-corrected chi connectivity index (χ2v) is 6.23. The molecule has 1 aliphatic heterocycles. The van der Waals surface area contributed by atoms with E-state index in [0.29, 0.717) is 0 Å². The Morgan fingerprint density at radius 2 is 2.00 bits per heavy atom. The maximum Gasteiger partial charge on any atom is 0.0610 e. The van der Waals surface area contributed by atoms with Crippen molar-refractivity contribution in [3.63, 3.8) is 0 Å². The van der Waals surface area contributed by atoms with Gasteiger partial charge < -0.3 is 10.2 Å². The van der Waals surface area contributed by atoms with Gasteiger partial charge in [0.15, 0.2) is 0 Å². The number of anilines is 2. The summed E-state index contributed by atoms with van der Waals surface area (Å²) in [4.78, 5) is 2.48. The maximum atomic E-state index is 3.61. The normalized spacial score (nSPS) is 19.6. The molecule has 19 heavy (non-hydrogen) atoms. The van der Waals surface area contributed by atoms with Crippen molar-refractivity contribution in [1.82, 2.24) is 0 Å². The fourth-order valence-electron chi connectivity index (χ4n) is 3.66. The third kappa shape index (κ3) is 2.88. The summed E-state index contributed by atoms with van der Waals surface area (Å²) < 4.78 is 0. The average molecular weight is 258 g/mol. The van der Waals surface area contributed by atoms with Crippen molar-refractivity contribution in [3.8, 4) is 0 Å². The number of para-hydroxylation sites is 1. The standard InChI is InChI=1S/C17H26N2/c1-19(13-14-7-3-2-4-8-14)16-11-5-9-15-10-6-12-18-17(15)16/h5,9,11,14,18H,2-4,6-8,10,12-13H2,1H3. The summed E-state index contributed by atoms with van der Waals surface area (Å²) >= 11 is 0. The average Bonchev–Trinajstić information content (AvgIpc) is 2.47. The van der Waals surface area contributed by atoms with Gasteiger partial charge in [-0.2, -0.15) is 0 Å². The molecule has 3 rings (SSSR count). The molecule has 2 heteroatoms. The lowest BCUT2D eigenvalue weighted by molar-refractivity contribution is 0.362. The zero-order valence-electron chi connectivity index (χ0n) is 12.1. The Hall–Kier alpha value is -1.18. The Labute approximate surface area is 117 Å². The number of hydrogen-bond acceptors (Lipinski definition) is 2. The Morgan fingerprint density at radius 3 is 2.84 bits per heavy atom. The Bertz CT molecular complexity index is 421. The smallest absolute Gasteiger partial charge is 0.0610 e. The second-order valence-electron chi connectivity index (χ2n) is 6.23. The van der Waals surface area contributed by atoms with Crippen LogP contribution < -0.4 is 10.2 Å². The van der Waals surface area contributed by atoms with Gasteiger partial charge in [0.05, 0.1) is 11.4 Å². The summed E-state index contributed by atoms with van der Waals surface area (Å²) in [6.45, 7) is 2.35. The third-order valence-corrected chi connectivity index (χ3v) is 4.72. The van der Waals surface area contributed by atoms with Crippen molar-refractivity contribution in [2.45, 2.75) is 44.9 Å². The Kier molecular flexibility index (Phi) is 3.95. The molecule has 2 nitrogen and oxygen atoms in total. The first-order valence-electron chi connectivity index (χ1n) is 7.91. The van der Waals surface area contributed by atoms with Gasteiger partial charge in [0, 0.05) is 20.1 Å². The minimum absolute atomic E-state index is 0.901. The summed E-state index contributed by atoms with van der Waals surface area (Å²) in [6, 6.07) is 6.78. The highest BCUT2D eigenvalue weighted by molar-refractivity contribution is 5.74. The van der Waals surface area contributed by atoms with Gasteiger partial charge >= 0.3 is 0 Å². The maximum absolute atomic E-state index is 3.61. The minimum atomic E-state index is 0.901. The molecule has 1 saturated carbocycles. The van der Waals surface area contributed by atoms with Crippen molar-refractivity contribution in [2.75, 3.05) is 30.4 Å². The van der Waals surface area contributed by atoms with E-state index in [1.165, 1.54) is 68.4 Å². The van der Waals surface area contributed by atoms with Crippen molar-refractivity contribution in [2.24, 2.45) is 5.92 Å². The van der Waals surface area contributed by atoms with E-state index in [2.05, 4.69) is 35.5 Å². The van der Waals surface area contributed by atoms with Gasteiger partial charge in [0.25, 0.3) is 0 Å². The number of rotatable bonds is 3. The lowest BCUT2D eigenvalue weighted by Crippen LogP contribution is -2.28. The highest BCUT2D eigenvalue weighted by atomic mass is 15.1. The molecule has 0 aromatic heterocycles. The van der Waals surface area contributed by atoms with E-state index in [0.717, 1.165) is 12.5 Å². The molecule has 104 valence electrons. The highest BCUT2D eigenvalue weighted by Gasteiger charge is 2.19. The molecule has 0 bridgehead atoms. The van der Waals surface area contributed by atoms with Gasteiger partial charge in [-0.1, -0.05) is 31.4 Å². The summed E-state index contributed by atoms with van der Waals surface area (Å²) in [6.07, 6.45) is 9.66. The van der Waals surface area contributed by atoms with Crippen LogP contribution in [0.3, 0.4) is 0 Å². The Morgan fingerprint density at radius 1 is 1.16 bits per heavy atom. The quantitative estimate of drug-likeness (QED) is 0.879. The number of aryl methyl sites for hydroxylation is 1. The first kappa shape index (κ1) is 12.8. The molecule has 0 unspecified atom stereocenters. The number of nitrogens with one attached hydrogen (secondary N) is 1. The zero-order chi connectivity index (χ0) is 13.1. The van der Waals surface area contributed by atoms with E-state index >= 15 is 0 Å². The summed E-state index contributed by atoms with van der Waals surface area (Å²) in [5, 5.41) is 3.61. The molecule has 0 spiro atoms. The molecular weight excluding hydrogens is 232 g/mol. The predicted molar refractivity (Wildman–Crippen MR) is 83.1 cm³/mol. The molecule has 1 N–H and O–H groups in total. The van der Waals surface area contributed by atoms with Crippen LogP contribution >= 0.6 is 0 Å². The summed E-state index contributed by atoms with van der Waals surface area (Å²) in [5.41, 5.74) is 4.30. The van der Waals surface area contributed by atoms with Crippen LogP contribution in [0.2, 0.25) is 0 Å². The topological polar surface area (TPSA) is 15.3 Å². The van der Waals surface area contributed by atoms with E-state index in [-0.39, 0.29) is 0 Å². The van der Waals surface area contributed by atoms with E-state index in [1.54, 1.807) is 0 Å². The molecule has 0 radical (unpaired) electrons. The molecule has 0 atom stereocenters. The van der Waals surface area contributed by atoms with Crippen molar-refractivity contribution >= 4 is 11.4 Å². The van der Waals surface area contributed by atoms with Gasteiger partial charge in [-0.15, -0.1) is 0 Å². The van der Waals surface area contributed by atoms with Crippen molar-refractivity contribution < 1.29 is 0 Å². The molecule has 1 heterocycles. The van der Waals surface area contributed by atoms with Crippen LogP contribution in [0.15, 0.2) is 18.2 Å². The van der Waals surface area contributed by atoms with E-state index in [1.807, 2.05) is 0 Å². The van der Waals surface area contributed by atoms with E-state index in [9.17, 15) is 0 Å². The summed E-state index contributed by atoms with van der Waals surface area (Å²) in [5.74, 6) is 0.901. The van der Waals surface area contributed by atoms with E-state index in [4.69, 9.17) is 0 Å². The number of nitrogens with zero attached hydrogens (tertiary/aromatic N) is 1. The SMILES string of the molecule is CN(CC1CCCCC1)c1cccc2c1NCCC2. The molecule has 1 fully saturated rings. The van der Waals surface area contributed by atoms with Crippen molar-refractivity contribution in [3.05, 3.63) is 23.8 Å². The Balaban J connectivity index is 1.73. The number of fused-ring (bicyclic) bond motifs is 1. The van der Waals surface area contributed by atoms with Gasteiger partial charge in [-0.3, -0.25) is 0 Å². The largest absolute Gasteiger partial charge is 0.383 e. The van der Waals surface area contributed by atoms with Crippen LogP contribution in [-0.4, -0.2) is 20.1 Å².